The van der Waals surface area contributed by atoms with Crippen LogP contribution in [0.3, 0.4) is 0 Å². The first-order valence-electron chi connectivity index (χ1n) is 4.41. The van der Waals surface area contributed by atoms with Crippen molar-refractivity contribution < 1.29 is 32.7 Å². The summed E-state index contributed by atoms with van der Waals surface area (Å²) in [5.41, 5.74) is 3.40. The molecule has 1 aromatic rings. The molecule has 0 amide bonds. The molecule has 1 aromatic heterocycles. The van der Waals surface area contributed by atoms with Gasteiger partial charge in [-0.25, -0.2) is 9.97 Å². The Morgan fingerprint density at radius 1 is 1.36 bits per heavy atom. The molecule has 0 fully saturated rings. The van der Waals surface area contributed by atoms with Gasteiger partial charge in [0, 0.05) is 44.0 Å². The molecular formula is C11H14N2Y-2. The molecule has 2 rings (SSSR count). The summed E-state index contributed by atoms with van der Waals surface area (Å²) in [4.78, 5) is 8.30. The minimum absolute atomic E-state index is 0. The van der Waals surface area contributed by atoms with Crippen molar-refractivity contribution in [2.24, 2.45) is 0 Å². The summed E-state index contributed by atoms with van der Waals surface area (Å²) < 4.78 is 0. The predicted molar refractivity (Wildman–Crippen MR) is 54.9 cm³/mol. The van der Waals surface area contributed by atoms with E-state index in [1.165, 1.54) is 5.56 Å². The average Bonchev–Trinajstić information content (AvgIpc) is 2.68. The number of hydrogen-bond acceptors (Lipinski definition) is 2. The SMILES string of the molecule is [CH2-]C.[CH2-]Cc1ncnc2c1CC=C2.[Y]. The average molecular weight is 263 g/mol. The molecule has 1 radical (unpaired) electrons. The van der Waals surface area contributed by atoms with E-state index in [2.05, 4.69) is 29.9 Å². The predicted octanol–water partition coefficient (Wildman–Crippen LogP) is 2.26. The molecule has 3 heteroatoms. The second kappa shape index (κ2) is 7.25. The van der Waals surface area contributed by atoms with Crippen LogP contribution < -0.4 is 0 Å². The number of fused-ring (bicyclic) bond motifs is 1. The van der Waals surface area contributed by atoms with Crippen LogP contribution >= 0.6 is 0 Å². The maximum atomic E-state index is 4.16. The zero-order valence-corrected chi connectivity index (χ0v) is 11.4. The third-order valence-electron chi connectivity index (χ3n) is 1.90. The molecule has 14 heavy (non-hydrogen) atoms. The zero-order valence-electron chi connectivity index (χ0n) is 8.53. The molecule has 0 aliphatic heterocycles. The van der Waals surface area contributed by atoms with Crippen molar-refractivity contribution in [2.45, 2.75) is 19.8 Å². The Balaban J connectivity index is 0.000000531. The summed E-state index contributed by atoms with van der Waals surface area (Å²) >= 11 is 0. The minimum atomic E-state index is 0. The van der Waals surface area contributed by atoms with Gasteiger partial charge in [0.25, 0.3) is 0 Å². The Hall–Kier alpha value is -0.0761. The van der Waals surface area contributed by atoms with Crippen LogP contribution in [0.2, 0.25) is 0 Å². The van der Waals surface area contributed by atoms with E-state index in [4.69, 9.17) is 0 Å². The Bertz CT molecular complexity index is 308. The molecule has 2 nitrogen and oxygen atoms in total. The summed E-state index contributed by atoms with van der Waals surface area (Å²) in [6, 6.07) is 0. The standard InChI is InChI=1S/C9H9N2.C2H5.Y/c1-2-8-7-4-3-5-9(7)11-6-10-8;1-2;/h3,5-6H,1-2,4H2;1H2,2H3;/q2*-1;. The first-order chi connectivity index (χ1) is 6.42. The second-order valence-corrected chi connectivity index (χ2v) is 2.54. The molecule has 0 N–H and O–H groups in total. The van der Waals surface area contributed by atoms with Gasteiger partial charge in [0.05, 0.1) is 5.69 Å². The van der Waals surface area contributed by atoms with Gasteiger partial charge >= 0.3 is 0 Å². The summed E-state index contributed by atoms with van der Waals surface area (Å²) in [5, 5.41) is 0. The number of aromatic nitrogens is 2. The van der Waals surface area contributed by atoms with Gasteiger partial charge in [-0.3, -0.25) is 0 Å². The van der Waals surface area contributed by atoms with Crippen molar-refractivity contribution in [1.82, 2.24) is 9.97 Å². The van der Waals surface area contributed by atoms with Gasteiger partial charge in [0.1, 0.15) is 6.33 Å². The van der Waals surface area contributed by atoms with Gasteiger partial charge in [-0.15, -0.1) is 6.42 Å². The van der Waals surface area contributed by atoms with Crippen LogP contribution in [0, 0.1) is 13.8 Å². The van der Waals surface area contributed by atoms with Crippen LogP contribution in [0.15, 0.2) is 12.4 Å². The Morgan fingerprint density at radius 3 is 2.71 bits per heavy atom. The van der Waals surface area contributed by atoms with E-state index in [0.29, 0.717) is 0 Å². The van der Waals surface area contributed by atoms with E-state index < -0.39 is 0 Å². The van der Waals surface area contributed by atoms with Gasteiger partial charge in [0.2, 0.25) is 0 Å². The van der Waals surface area contributed by atoms with E-state index in [1.807, 2.05) is 6.08 Å². The Morgan fingerprint density at radius 2 is 2.07 bits per heavy atom. The van der Waals surface area contributed by atoms with Crippen molar-refractivity contribution in [2.75, 3.05) is 0 Å². The smallest absolute Gasteiger partial charge is 0.116 e. The molecule has 73 valence electrons. The van der Waals surface area contributed by atoms with Crippen molar-refractivity contribution in [1.29, 1.82) is 0 Å². The normalized spacial score (nSPS) is 11.1. The molecule has 1 aliphatic rings. The molecule has 0 spiro atoms. The van der Waals surface area contributed by atoms with Gasteiger partial charge in [-0.05, 0) is 12.5 Å². The van der Waals surface area contributed by atoms with Crippen molar-refractivity contribution in [3.63, 3.8) is 0 Å². The second-order valence-electron chi connectivity index (χ2n) is 2.54. The van der Waals surface area contributed by atoms with Crippen molar-refractivity contribution in [3.8, 4) is 0 Å². The third kappa shape index (κ3) is 2.96. The van der Waals surface area contributed by atoms with E-state index in [-0.39, 0.29) is 32.7 Å². The van der Waals surface area contributed by atoms with Gasteiger partial charge in [-0.2, -0.15) is 6.92 Å². The van der Waals surface area contributed by atoms with Crippen LogP contribution in [0.25, 0.3) is 6.08 Å². The van der Waals surface area contributed by atoms with Gasteiger partial charge in [-0.1, -0.05) is 6.08 Å². The molecule has 1 aliphatic carbocycles. The topological polar surface area (TPSA) is 25.8 Å². The number of allylic oxidation sites excluding steroid dienone is 1. The maximum Gasteiger partial charge on any atom is 0.116 e. The summed E-state index contributed by atoms with van der Waals surface area (Å²) in [6.45, 7) is 8.82. The van der Waals surface area contributed by atoms with E-state index in [0.717, 1.165) is 24.2 Å². The van der Waals surface area contributed by atoms with E-state index in [1.54, 1.807) is 13.3 Å². The quantitative estimate of drug-likeness (QED) is 0.726. The molecule has 0 unspecified atom stereocenters. The molecule has 0 saturated heterocycles. The number of rotatable bonds is 1. The van der Waals surface area contributed by atoms with Crippen LogP contribution in [0.1, 0.15) is 23.9 Å². The largest absolute Gasteiger partial charge is 0.346 e. The fourth-order valence-electron chi connectivity index (χ4n) is 1.33. The molecule has 0 atom stereocenters. The van der Waals surface area contributed by atoms with Crippen LogP contribution in [-0.4, -0.2) is 9.97 Å². The molecular weight excluding hydrogens is 249 g/mol. The molecule has 0 bridgehead atoms. The van der Waals surface area contributed by atoms with E-state index in [9.17, 15) is 0 Å². The fraction of sp³-hybridized carbons (Fsp3) is 0.273. The zero-order chi connectivity index (χ0) is 9.68. The number of hydrogen-bond donors (Lipinski definition) is 0. The Kier molecular flexibility index (Phi) is 7.21. The number of nitrogens with zero attached hydrogens (tertiary/aromatic N) is 2. The first-order valence-corrected chi connectivity index (χ1v) is 4.41. The molecule has 1 heterocycles. The first kappa shape index (κ1) is 13.9. The third-order valence-corrected chi connectivity index (χ3v) is 1.90. The molecule has 0 saturated carbocycles. The van der Waals surface area contributed by atoms with Crippen molar-refractivity contribution in [3.05, 3.63) is 43.2 Å². The molecule has 0 aromatic carbocycles. The Labute approximate surface area is 111 Å². The van der Waals surface area contributed by atoms with Gasteiger partial charge in [0.15, 0.2) is 0 Å². The van der Waals surface area contributed by atoms with E-state index >= 15 is 0 Å². The summed E-state index contributed by atoms with van der Waals surface area (Å²) in [6.07, 6.45) is 7.48. The fourth-order valence-corrected chi connectivity index (χ4v) is 1.33. The summed E-state index contributed by atoms with van der Waals surface area (Å²) in [5.74, 6) is 0. The van der Waals surface area contributed by atoms with Crippen LogP contribution in [-0.2, 0) is 45.6 Å². The maximum absolute atomic E-state index is 4.16. The van der Waals surface area contributed by atoms with Crippen LogP contribution in [0.4, 0.5) is 0 Å². The van der Waals surface area contributed by atoms with Crippen LogP contribution in [0.5, 0.6) is 0 Å². The van der Waals surface area contributed by atoms with Crippen molar-refractivity contribution >= 4 is 6.08 Å². The monoisotopic (exact) mass is 263 g/mol. The minimum Gasteiger partial charge on any atom is -0.346 e. The van der Waals surface area contributed by atoms with Gasteiger partial charge < -0.3 is 13.8 Å². The summed E-state index contributed by atoms with van der Waals surface area (Å²) in [7, 11) is 0.